The highest BCUT2D eigenvalue weighted by atomic mass is 127. The molecule has 3 fully saturated rings. The third kappa shape index (κ3) is 4.27. The van der Waals surface area contributed by atoms with Gasteiger partial charge in [0.2, 0.25) is 0 Å². The number of nitrogens with one attached hydrogen (secondary N) is 1. The molecule has 0 amide bonds. The monoisotopic (exact) mass is 591 g/mol. The van der Waals surface area contributed by atoms with Crippen LogP contribution in [0.5, 0.6) is 0 Å². The quantitative estimate of drug-likeness (QED) is 0.301. The van der Waals surface area contributed by atoms with Gasteiger partial charge in [0.25, 0.3) is 5.56 Å². The number of anilines is 1. The minimum atomic E-state index is 0.0612. The minimum Gasteiger partial charge on any atom is -0.382 e. The van der Waals surface area contributed by atoms with Gasteiger partial charge in [-0.25, -0.2) is 0 Å². The lowest BCUT2D eigenvalue weighted by Gasteiger charge is -2.30. The molecule has 2 aromatic heterocycles. The molecule has 3 aromatic rings. The van der Waals surface area contributed by atoms with Crippen LogP contribution in [0.3, 0.4) is 0 Å². The Hall–Kier alpha value is -1.06. The van der Waals surface area contributed by atoms with E-state index in [9.17, 15) is 4.79 Å². The molecule has 0 atom stereocenters. The number of nitrogens with zero attached hydrogens (tertiary/aromatic N) is 2. The van der Waals surface area contributed by atoms with Crippen molar-refractivity contribution < 1.29 is 0 Å². The van der Waals surface area contributed by atoms with Crippen LogP contribution in [0.25, 0.3) is 22.0 Å². The first-order chi connectivity index (χ1) is 16.0. The van der Waals surface area contributed by atoms with E-state index in [0.717, 1.165) is 27.4 Å². The number of hydrogen-bond donors (Lipinski definition) is 1. The zero-order valence-electron chi connectivity index (χ0n) is 19.2. The van der Waals surface area contributed by atoms with Gasteiger partial charge in [-0.15, -0.1) is 11.8 Å². The summed E-state index contributed by atoms with van der Waals surface area (Å²) < 4.78 is 3.82. The third-order valence-corrected chi connectivity index (χ3v) is 10.9. The molecule has 0 aliphatic heterocycles. The molecule has 6 rings (SSSR count). The number of benzene rings is 1. The predicted octanol–water partition coefficient (Wildman–Crippen LogP) is 7.55. The van der Waals surface area contributed by atoms with E-state index in [1.54, 1.807) is 13.7 Å². The van der Waals surface area contributed by atoms with E-state index < -0.39 is 0 Å². The summed E-state index contributed by atoms with van der Waals surface area (Å²) in [7, 11) is 3.45. The van der Waals surface area contributed by atoms with Crippen molar-refractivity contribution in [2.45, 2.75) is 74.5 Å². The largest absolute Gasteiger partial charge is 0.382 e. The van der Waals surface area contributed by atoms with E-state index >= 15 is 0 Å². The molecule has 4 nitrogen and oxygen atoms in total. The summed E-state index contributed by atoms with van der Waals surface area (Å²) in [6.07, 6.45) is 12.8. The first-order valence-electron chi connectivity index (χ1n) is 12.0. The van der Waals surface area contributed by atoms with E-state index in [4.69, 9.17) is 0 Å². The SMILES string of the molecule is Cc1cc2c(-c3cc(SC4CC4)ccc3NC3CCC4(CC3)CC4)cn(C)c(=O)c2n1SI. The molecule has 0 bridgehead atoms. The van der Waals surface area contributed by atoms with Crippen LogP contribution in [0.1, 0.15) is 57.1 Å². The van der Waals surface area contributed by atoms with Crippen molar-refractivity contribution in [3.05, 3.63) is 46.5 Å². The number of thioether (sulfide) groups is 1. The number of pyridine rings is 1. The standard InChI is InChI=1S/C26H30IN3OS2/c1-16-13-21-22(15-29(2)25(31)24(21)30(16)33-27)20-14-19(32-18-3-4-18)5-6-23(20)28-17-7-9-26(10-8-17)11-12-26/h5-6,13-15,17-18,28H,3-4,7-12H2,1-2H3. The van der Waals surface area contributed by atoms with Crippen molar-refractivity contribution in [2.24, 2.45) is 12.5 Å². The summed E-state index contributed by atoms with van der Waals surface area (Å²) in [6, 6.07) is 9.65. The molecule has 1 spiro atoms. The number of rotatable bonds is 6. The van der Waals surface area contributed by atoms with Gasteiger partial charge in [0.15, 0.2) is 0 Å². The van der Waals surface area contributed by atoms with Crippen LogP contribution in [0.4, 0.5) is 5.69 Å². The average Bonchev–Trinajstić information content (AvgIpc) is 3.74. The van der Waals surface area contributed by atoms with Crippen molar-refractivity contribution in [1.29, 1.82) is 0 Å². The Morgan fingerprint density at radius 3 is 2.48 bits per heavy atom. The minimum absolute atomic E-state index is 0.0612. The van der Waals surface area contributed by atoms with Crippen molar-refractivity contribution in [3.63, 3.8) is 0 Å². The summed E-state index contributed by atoms with van der Waals surface area (Å²) in [6.45, 7) is 2.09. The number of aromatic nitrogens is 2. The first-order valence-corrected chi connectivity index (χ1v) is 16.2. The van der Waals surface area contributed by atoms with E-state index in [2.05, 4.69) is 61.7 Å². The van der Waals surface area contributed by atoms with Gasteiger partial charge in [0.05, 0.1) is 0 Å². The molecule has 7 heteroatoms. The molecule has 33 heavy (non-hydrogen) atoms. The Labute approximate surface area is 216 Å². The second kappa shape index (κ2) is 8.55. The number of hydrogen-bond acceptors (Lipinski definition) is 4. The molecule has 3 aliphatic carbocycles. The summed E-state index contributed by atoms with van der Waals surface area (Å²) in [5.74, 6) is 0. The van der Waals surface area contributed by atoms with Gasteiger partial charge in [-0.3, -0.25) is 8.77 Å². The Morgan fingerprint density at radius 2 is 1.82 bits per heavy atom. The number of aryl methyl sites for hydroxylation is 2. The van der Waals surface area contributed by atoms with Gasteiger partial charge in [0.1, 0.15) is 5.52 Å². The van der Waals surface area contributed by atoms with Crippen LogP contribution in [0.2, 0.25) is 0 Å². The number of halogens is 1. The Kier molecular flexibility index (Phi) is 5.81. The van der Waals surface area contributed by atoms with Crippen LogP contribution in [-0.2, 0) is 7.05 Å². The van der Waals surface area contributed by atoms with Crippen molar-refractivity contribution in [2.75, 3.05) is 5.32 Å². The first kappa shape index (κ1) is 22.4. The van der Waals surface area contributed by atoms with Gasteiger partial charge in [-0.2, -0.15) is 0 Å². The maximum Gasteiger partial charge on any atom is 0.275 e. The molecule has 0 saturated heterocycles. The fourth-order valence-corrected chi connectivity index (χ4v) is 8.44. The molecule has 2 heterocycles. The zero-order chi connectivity index (χ0) is 22.7. The summed E-state index contributed by atoms with van der Waals surface area (Å²) in [5.41, 5.74) is 6.23. The smallest absolute Gasteiger partial charge is 0.275 e. The van der Waals surface area contributed by atoms with Gasteiger partial charge in [-0.05, 0) is 88.0 Å². The highest BCUT2D eigenvalue weighted by molar-refractivity contribution is 14.2. The van der Waals surface area contributed by atoms with Crippen LogP contribution < -0.4 is 10.9 Å². The highest BCUT2D eigenvalue weighted by Crippen LogP contribution is 2.56. The van der Waals surface area contributed by atoms with Gasteiger partial charge >= 0.3 is 0 Å². The fraction of sp³-hybridized carbons (Fsp3) is 0.500. The van der Waals surface area contributed by atoms with Crippen molar-refractivity contribution >= 4 is 58.7 Å². The summed E-state index contributed by atoms with van der Waals surface area (Å²) in [4.78, 5) is 14.4. The topological polar surface area (TPSA) is 39.0 Å². The molecule has 1 N–H and O–H groups in total. The fourth-order valence-electron chi connectivity index (χ4n) is 5.42. The lowest BCUT2D eigenvalue weighted by molar-refractivity contribution is 0.317. The molecule has 174 valence electrons. The summed E-state index contributed by atoms with van der Waals surface area (Å²) >= 11 is 4.27. The second-order valence-electron chi connectivity index (χ2n) is 10.3. The Balaban J connectivity index is 1.45. The Morgan fingerprint density at radius 1 is 1.06 bits per heavy atom. The molecular weight excluding hydrogens is 561 g/mol. The van der Waals surface area contributed by atoms with Crippen LogP contribution >= 0.6 is 42.1 Å². The molecule has 0 radical (unpaired) electrons. The van der Waals surface area contributed by atoms with Crippen molar-refractivity contribution in [3.8, 4) is 11.1 Å². The van der Waals surface area contributed by atoms with Crippen LogP contribution in [0, 0.1) is 12.3 Å². The normalized spacial score (nSPS) is 20.0. The average molecular weight is 592 g/mol. The molecule has 0 unspecified atom stereocenters. The van der Waals surface area contributed by atoms with Gasteiger partial charge in [0, 0.05) is 87.7 Å². The van der Waals surface area contributed by atoms with Crippen molar-refractivity contribution in [1.82, 2.24) is 8.54 Å². The number of fused-ring (bicyclic) bond motifs is 1. The predicted molar refractivity (Wildman–Crippen MR) is 151 cm³/mol. The van der Waals surface area contributed by atoms with Gasteiger partial charge < -0.3 is 9.88 Å². The third-order valence-electron chi connectivity index (χ3n) is 7.81. The van der Waals surface area contributed by atoms with E-state index in [1.807, 2.05) is 25.0 Å². The molecule has 3 saturated carbocycles. The Bertz CT molecular complexity index is 1280. The van der Waals surface area contributed by atoms with Crippen LogP contribution in [-0.4, -0.2) is 19.8 Å². The van der Waals surface area contributed by atoms with Gasteiger partial charge in [-0.1, -0.05) is 0 Å². The van der Waals surface area contributed by atoms with Crippen LogP contribution in [0.15, 0.2) is 40.2 Å². The molecule has 1 aromatic carbocycles. The maximum absolute atomic E-state index is 13.1. The van der Waals surface area contributed by atoms with E-state index in [0.29, 0.717) is 11.5 Å². The second-order valence-corrected chi connectivity index (χ2v) is 13.4. The lowest BCUT2D eigenvalue weighted by atomic mass is 9.83. The zero-order valence-corrected chi connectivity index (χ0v) is 23.0. The molecular formula is C26H30IN3OS2. The van der Waals surface area contributed by atoms with E-state index in [-0.39, 0.29) is 5.56 Å². The lowest BCUT2D eigenvalue weighted by Crippen LogP contribution is -2.27. The maximum atomic E-state index is 13.1. The summed E-state index contributed by atoms with van der Waals surface area (Å²) in [5, 5.41) is 5.75. The molecule has 3 aliphatic rings. The van der Waals surface area contributed by atoms with E-state index in [1.165, 1.54) is 67.5 Å². The highest BCUT2D eigenvalue weighted by Gasteiger charge is 2.44.